The fraction of sp³-hybridized carbons (Fsp3) is 0.412. The number of ether oxygens (including phenoxy) is 2. The molecular formula is C17H24O2. The van der Waals surface area contributed by atoms with E-state index in [0.29, 0.717) is 13.2 Å². The summed E-state index contributed by atoms with van der Waals surface area (Å²) in [5.74, 6) is 0. The van der Waals surface area contributed by atoms with Crippen LogP contribution in [0.4, 0.5) is 0 Å². The Labute approximate surface area is 116 Å². The lowest BCUT2D eigenvalue weighted by Crippen LogP contribution is -2.14. The molecule has 0 unspecified atom stereocenters. The second-order valence-corrected chi connectivity index (χ2v) is 4.44. The Morgan fingerprint density at radius 3 is 2.21 bits per heavy atom. The minimum atomic E-state index is -0.253. The Hall–Kier alpha value is -1.38. The lowest BCUT2D eigenvalue weighted by Gasteiger charge is -2.12. The van der Waals surface area contributed by atoms with Crippen molar-refractivity contribution in [1.29, 1.82) is 0 Å². The predicted octanol–water partition coefficient (Wildman–Crippen LogP) is 4.35. The summed E-state index contributed by atoms with van der Waals surface area (Å²) in [6.07, 6.45) is 5.88. The Kier molecular flexibility index (Phi) is 7.16. The van der Waals surface area contributed by atoms with Gasteiger partial charge in [-0.1, -0.05) is 47.6 Å². The van der Waals surface area contributed by atoms with E-state index in [9.17, 15) is 0 Å². The van der Waals surface area contributed by atoms with Gasteiger partial charge < -0.3 is 9.47 Å². The first-order valence-corrected chi connectivity index (χ1v) is 6.82. The molecule has 2 heteroatoms. The van der Waals surface area contributed by atoms with E-state index in [1.807, 2.05) is 26.0 Å². The van der Waals surface area contributed by atoms with Gasteiger partial charge in [0.2, 0.25) is 0 Å². The maximum Gasteiger partial charge on any atom is 0.177 e. The van der Waals surface area contributed by atoms with Crippen LogP contribution < -0.4 is 0 Å². The highest BCUT2D eigenvalue weighted by Crippen LogP contribution is 2.10. The van der Waals surface area contributed by atoms with Crippen LogP contribution in [0.1, 0.15) is 31.9 Å². The highest BCUT2D eigenvalue weighted by Gasteiger charge is 2.01. The van der Waals surface area contributed by atoms with E-state index in [2.05, 4.69) is 44.2 Å². The van der Waals surface area contributed by atoms with Crippen LogP contribution in [-0.4, -0.2) is 19.5 Å². The van der Waals surface area contributed by atoms with Gasteiger partial charge >= 0.3 is 0 Å². The van der Waals surface area contributed by atoms with Gasteiger partial charge in [0.05, 0.1) is 0 Å². The van der Waals surface area contributed by atoms with Crippen molar-refractivity contribution in [2.24, 2.45) is 0 Å². The van der Waals surface area contributed by atoms with Crippen molar-refractivity contribution in [3.63, 3.8) is 0 Å². The molecule has 0 aliphatic rings. The van der Waals surface area contributed by atoms with Crippen molar-refractivity contribution < 1.29 is 9.47 Å². The van der Waals surface area contributed by atoms with E-state index in [1.54, 1.807) is 0 Å². The molecule has 0 aliphatic heterocycles. The summed E-state index contributed by atoms with van der Waals surface area (Å²) >= 11 is 0. The Morgan fingerprint density at radius 1 is 1.11 bits per heavy atom. The molecular weight excluding hydrogens is 236 g/mol. The van der Waals surface area contributed by atoms with Gasteiger partial charge in [-0.05, 0) is 39.3 Å². The third-order valence-corrected chi connectivity index (χ3v) is 2.65. The first-order chi connectivity index (χ1) is 9.15. The average Bonchev–Trinajstić information content (AvgIpc) is 2.39. The van der Waals surface area contributed by atoms with Crippen molar-refractivity contribution in [3.8, 4) is 0 Å². The quantitative estimate of drug-likeness (QED) is 0.536. The monoisotopic (exact) mass is 260 g/mol. The van der Waals surface area contributed by atoms with Crippen molar-refractivity contribution in [1.82, 2.24) is 0 Å². The zero-order valence-electron chi connectivity index (χ0n) is 12.3. The number of rotatable bonds is 7. The summed E-state index contributed by atoms with van der Waals surface area (Å²) in [5.41, 5.74) is 3.66. The third kappa shape index (κ3) is 6.37. The molecule has 0 radical (unpaired) electrons. The molecule has 1 rings (SSSR count). The normalized spacial score (nSPS) is 12.6. The van der Waals surface area contributed by atoms with Gasteiger partial charge in [0.15, 0.2) is 6.29 Å². The summed E-state index contributed by atoms with van der Waals surface area (Å²) < 4.78 is 10.9. The topological polar surface area (TPSA) is 18.5 Å². The number of allylic oxidation sites excluding steroid dienone is 2. The molecule has 0 atom stereocenters. The Morgan fingerprint density at radius 2 is 1.68 bits per heavy atom. The van der Waals surface area contributed by atoms with E-state index in [1.165, 1.54) is 16.7 Å². The molecule has 19 heavy (non-hydrogen) atoms. The molecule has 1 aromatic carbocycles. The number of benzene rings is 1. The molecule has 0 spiro atoms. The summed E-state index contributed by atoms with van der Waals surface area (Å²) in [6.45, 7) is 9.40. The summed E-state index contributed by atoms with van der Waals surface area (Å²) in [4.78, 5) is 0. The van der Waals surface area contributed by atoms with E-state index >= 15 is 0 Å². The largest absolute Gasteiger partial charge is 0.349 e. The zero-order chi connectivity index (χ0) is 14.1. The van der Waals surface area contributed by atoms with Crippen molar-refractivity contribution in [2.75, 3.05) is 13.2 Å². The molecule has 0 saturated carbocycles. The van der Waals surface area contributed by atoms with Gasteiger partial charge in [-0.25, -0.2) is 0 Å². The molecule has 0 amide bonds. The van der Waals surface area contributed by atoms with Crippen molar-refractivity contribution in [3.05, 3.63) is 53.1 Å². The smallest absolute Gasteiger partial charge is 0.177 e. The minimum absolute atomic E-state index is 0.253. The molecule has 0 bridgehead atoms. The summed E-state index contributed by atoms with van der Waals surface area (Å²) in [7, 11) is 0. The van der Waals surface area contributed by atoms with Gasteiger partial charge in [-0.15, -0.1) is 0 Å². The van der Waals surface area contributed by atoms with E-state index < -0.39 is 0 Å². The zero-order valence-corrected chi connectivity index (χ0v) is 12.3. The first kappa shape index (κ1) is 15.7. The summed E-state index contributed by atoms with van der Waals surface area (Å²) in [5, 5.41) is 0. The summed E-state index contributed by atoms with van der Waals surface area (Å²) in [6, 6.07) is 8.47. The number of hydrogen-bond acceptors (Lipinski definition) is 2. The second-order valence-electron chi connectivity index (χ2n) is 4.44. The highest BCUT2D eigenvalue weighted by atomic mass is 16.7. The van der Waals surface area contributed by atoms with Crippen LogP contribution in [0.2, 0.25) is 0 Å². The molecule has 104 valence electrons. The van der Waals surface area contributed by atoms with Gasteiger partial charge in [-0.3, -0.25) is 0 Å². The van der Waals surface area contributed by atoms with E-state index in [4.69, 9.17) is 9.47 Å². The molecule has 0 aliphatic carbocycles. The van der Waals surface area contributed by atoms with Gasteiger partial charge in [0.1, 0.15) is 0 Å². The first-order valence-electron chi connectivity index (χ1n) is 6.82. The van der Waals surface area contributed by atoms with Crippen LogP contribution in [0.3, 0.4) is 0 Å². The van der Waals surface area contributed by atoms with Gasteiger partial charge in [0, 0.05) is 13.2 Å². The van der Waals surface area contributed by atoms with Crippen LogP contribution in [0, 0.1) is 6.92 Å². The lowest BCUT2D eigenvalue weighted by atomic mass is 10.1. The highest BCUT2D eigenvalue weighted by molar-refractivity contribution is 5.55. The maximum atomic E-state index is 5.46. The molecule has 2 nitrogen and oxygen atoms in total. The third-order valence-electron chi connectivity index (χ3n) is 2.65. The Balaban J connectivity index is 2.65. The number of aryl methyl sites for hydroxylation is 1. The van der Waals surface area contributed by atoms with E-state index in [-0.39, 0.29) is 6.29 Å². The molecule has 0 heterocycles. The maximum absolute atomic E-state index is 5.46. The van der Waals surface area contributed by atoms with Crippen LogP contribution in [0.15, 0.2) is 42.0 Å². The molecule has 1 aromatic rings. The lowest BCUT2D eigenvalue weighted by molar-refractivity contribution is -0.103. The Bertz CT molecular complexity index is 409. The fourth-order valence-corrected chi connectivity index (χ4v) is 1.69. The number of hydrogen-bond donors (Lipinski definition) is 0. The van der Waals surface area contributed by atoms with Crippen molar-refractivity contribution >= 4 is 6.08 Å². The van der Waals surface area contributed by atoms with Gasteiger partial charge in [-0.2, -0.15) is 0 Å². The molecule has 0 N–H and O–H groups in total. The fourth-order valence-electron chi connectivity index (χ4n) is 1.69. The predicted molar refractivity (Wildman–Crippen MR) is 81.0 cm³/mol. The van der Waals surface area contributed by atoms with Crippen LogP contribution >= 0.6 is 0 Å². The second kappa shape index (κ2) is 8.68. The van der Waals surface area contributed by atoms with E-state index in [0.717, 1.165) is 0 Å². The standard InChI is InChI=1S/C17H24O2/c1-5-18-17(19-6-2)12-9-15(4)13-16-10-7-14(3)8-11-16/h7-13,17H,5-6H2,1-4H3/b12-9+,15-13+. The molecule has 0 aromatic heterocycles. The van der Waals surface area contributed by atoms with Crippen molar-refractivity contribution in [2.45, 2.75) is 34.0 Å². The van der Waals surface area contributed by atoms with Crippen LogP contribution in [-0.2, 0) is 9.47 Å². The average molecular weight is 260 g/mol. The molecule has 0 fully saturated rings. The van der Waals surface area contributed by atoms with Gasteiger partial charge in [0.25, 0.3) is 0 Å². The van der Waals surface area contributed by atoms with Crippen LogP contribution in [0.25, 0.3) is 6.08 Å². The minimum Gasteiger partial charge on any atom is -0.349 e. The molecule has 0 saturated heterocycles. The SMILES string of the molecule is CCOC(/C=C/C(C)=C/c1ccc(C)cc1)OCC. The van der Waals surface area contributed by atoms with Crippen LogP contribution in [0.5, 0.6) is 0 Å².